The first kappa shape index (κ1) is 20.9. The van der Waals surface area contributed by atoms with Crippen LogP contribution in [0.25, 0.3) is 11.1 Å². The maximum absolute atomic E-state index is 10.7. The van der Waals surface area contributed by atoms with Gasteiger partial charge >= 0.3 is 0 Å². The minimum Gasteiger partial charge on any atom is -1.00 e. The number of rotatable bonds is 4. The molecule has 0 aliphatic heterocycles. The first-order valence-electron chi connectivity index (χ1n) is 7.30. The summed E-state index contributed by atoms with van der Waals surface area (Å²) in [5.74, 6) is 0. The van der Waals surface area contributed by atoms with Crippen LogP contribution in [0.15, 0.2) is 73.3 Å². The number of hydrogen-bond donors (Lipinski definition) is 0. The van der Waals surface area contributed by atoms with Gasteiger partial charge in [0, 0.05) is 41.5 Å². The van der Waals surface area contributed by atoms with Crippen molar-refractivity contribution in [1.29, 1.82) is 0 Å². The van der Waals surface area contributed by atoms with E-state index in [0.717, 1.165) is 16.7 Å². The summed E-state index contributed by atoms with van der Waals surface area (Å²) in [6, 6.07) is 14.9. The lowest BCUT2D eigenvalue weighted by Gasteiger charge is -2.01. The summed E-state index contributed by atoms with van der Waals surface area (Å²) in [4.78, 5) is 10.3. The maximum atomic E-state index is 10.7. The zero-order chi connectivity index (χ0) is 16.2. The zero-order valence-electron chi connectivity index (χ0n) is 13.5. The lowest BCUT2D eigenvalue weighted by molar-refractivity contribution is -0.687. The predicted molar refractivity (Wildman–Crippen MR) is 85.4 cm³/mol. The van der Waals surface area contributed by atoms with Gasteiger partial charge in [-0.05, 0) is 23.8 Å². The van der Waals surface area contributed by atoms with E-state index in [-0.39, 0.29) is 44.6 Å². The van der Waals surface area contributed by atoms with Crippen molar-refractivity contribution in [3.63, 3.8) is 0 Å². The monoisotopic (exact) mass is 465 g/mol. The van der Waals surface area contributed by atoms with Gasteiger partial charge in [0.15, 0.2) is 31.3 Å². The summed E-state index contributed by atoms with van der Waals surface area (Å²) in [6.45, 7) is 0.673. The van der Waals surface area contributed by atoms with Crippen LogP contribution >= 0.6 is 0 Å². The molecule has 0 atom stereocenters. The summed E-state index contributed by atoms with van der Waals surface area (Å²) < 4.78 is 4.07. The number of aryl methyl sites for hydroxylation is 1. The minimum atomic E-state index is -0.382. The Labute approximate surface area is 167 Å². The summed E-state index contributed by atoms with van der Waals surface area (Å²) >= 11 is 0. The molecule has 2 aromatic heterocycles. The Hall–Kier alpha value is -2.12. The number of benzene rings is 1. The van der Waals surface area contributed by atoms with Crippen LogP contribution in [0, 0.1) is 10.1 Å². The highest BCUT2D eigenvalue weighted by Gasteiger charge is 2.09. The summed E-state index contributed by atoms with van der Waals surface area (Å²) in [5, 5.41) is 10.7. The number of halogens is 2. The van der Waals surface area contributed by atoms with Crippen LogP contribution in [-0.2, 0) is 13.6 Å². The van der Waals surface area contributed by atoms with Crippen LogP contribution in [-0.4, -0.2) is 4.92 Å². The molecule has 0 bridgehead atoms. The van der Waals surface area contributed by atoms with E-state index >= 15 is 0 Å². The number of nitro groups is 1. The van der Waals surface area contributed by atoms with Crippen LogP contribution in [0.1, 0.15) is 5.56 Å². The van der Waals surface area contributed by atoms with Gasteiger partial charge < -0.3 is 34.0 Å². The Morgan fingerprint density at radius 1 is 0.920 bits per heavy atom. The first-order chi connectivity index (χ1) is 11.1. The van der Waals surface area contributed by atoms with Gasteiger partial charge in [0.05, 0.1) is 4.92 Å². The van der Waals surface area contributed by atoms with Gasteiger partial charge in [-0.15, -0.1) is 0 Å². The fourth-order valence-corrected chi connectivity index (χ4v) is 2.42. The predicted octanol–water partition coefficient (Wildman–Crippen LogP) is -3.57. The molecule has 25 heavy (non-hydrogen) atoms. The molecule has 3 rings (SSSR count). The van der Waals surface area contributed by atoms with Gasteiger partial charge in [-0.25, -0.2) is 9.13 Å². The molecule has 1 aromatic carbocycles. The van der Waals surface area contributed by atoms with E-state index in [1.54, 1.807) is 12.1 Å². The largest absolute Gasteiger partial charge is 1.00 e. The van der Waals surface area contributed by atoms with Crippen LogP contribution in [0.3, 0.4) is 0 Å². The minimum absolute atomic E-state index is 0. The maximum Gasteiger partial charge on any atom is 0.269 e. The number of pyridine rings is 2. The zero-order valence-corrected chi connectivity index (χ0v) is 16.7. The SMILES string of the molecule is C[n+]1ccc(-c2ccc[n+](Cc3ccc([N+](=O)[O-])cc3)c2)cc1.[Br-].[Br-]. The van der Waals surface area contributed by atoms with Gasteiger partial charge in [0.25, 0.3) is 5.69 Å². The Morgan fingerprint density at radius 3 is 2.16 bits per heavy atom. The quantitative estimate of drug-likeness (QED) is 0.227. The third-order valence-electron chi connectivity index (χ3n) is 3.68. The molecule has 0 aliphatic carbocycles. The van der Waals surface area contributed by atoms with E-state index < -0.39 is 0 Å². The van der Waals surface area contributed by atoms with E-state index in [2.05, 4.69) is 29.0 Å². The van der Waals surface area contributed by atoms with E-state index in [1.807, 2.05) is 36.3 Å². The van der Waals surface area contributed by atoms with Crippen molar-refractivity contribution in [2.24, 2.45) is 7.05 Å². The second kappa shape index (κ2) is 9.39. The van der Waals surface area contributed by atoms with Gasteiger partial charge in [0.1, 0.15) is 7.05 Å². The number of non-ortho nitro benzene ring substituents is 1. The highest BCUT2D eigenvalue weighted by Crippen LogP contribution is 2.16. The molecule has 0 radical (unpaired) electrons. The number of nitrogens with zero attached hydrogens (tertiary/aromatic N) is 3. The van der Waals surface area contributed by atoms with E-state index in [4.69, 9.17) is 0 Å². The Kier molecular flexibility index (Phi) is 7.86. The Balaban J connectivity index is 0.00000156. The van der Waals surface area contributed by atoms with Crippen molar-refractivity contribution in [1.82, 2.24) is 0 Å². The molecule has 130 valence electrons. The normalized spacial score (nSPS) is 9.64. The molecule has 0 amide bonds. The molecule has 0 aliphatic rings. The molecule has 7 heteroatoms. The lowest BCUT2D eigenvalue weighted by Crippen LogP contribution is -3.00. The van der Waals surface area contributed by atoms with Crippen molar-refractivity contribution in [2.45, 2.75) is 6.54 Å². The number of nitro benzene ring substituents is 1. The van der Waals surface area contributed by atoms with Crippen LogP contribution in [0.5, 0.6) is 0 Å². The number of hydrogen-bond acceptors (Lipinski definition) is 2. The number of aromatic nitrogens is 2. The molecular weight excluding hydrogens is 450 g/mol. The van der Waals surface area contributed by atoms with Gasteiger partial charge in [-0.3, -0.25) is 10.1 Å². The average Bonchev–Trinajstić information content (AvgIpc) is 2.56. The summed E-state index contributed by atoms with van der Waals surface area (Å²) in [5.41, 5.74) is 3.43. The molecule has 2 heterocycles. The van der Waals surface area contributed by atoms with Gasteiger partial charge in [-0.1, -0.05) is 0 Å². The molecule has 5 nitrogen and oxygen atoms in total. The fraction of sp³-hybridized carbons (Fsp3) is 0.111. The summed E-state index contributed by atoms with van der Waals surface area (Å²) in [6.07, 6.45) is 8.11. The van der Waals surface area contributed by atoms with Gasteiger partial charge in [0.2, 0.25) is 0 Å². The van der Waals surface area contributed by atoms with Crippen molar-refractivity contribution in [3.05, 3.63) is 89.0 Å². The topological polar surface area (TPSA) is 50.9 Å². The smallest absolute Gasteiger partial charge is 0.269 e. The molecule has 0 unspecified atom stereocenters. The highest BCUT2D eigenvalue weighted by molar-refractivity contribution is 5.60. The summed E-state index contributed by atoms with van der Waals surface area (Å²) in [7, 11) is 1.99. The second-order valence-corrected chi connectivity index (χ2v) is 5.44. The molecule has 0 N–H and O–H groups in total. The molecule has 3 aromatic rings. The Bertz CT molecular complexity index is 838. The van der Waals surface area contributed by atoms with E-state index in [0.29, 0.717) is 6.54 Å². The van der Waals surface area contributed by atoms with Gasteiger partial charge in [-0.2, -0.15) is 0 Å². The first-order valence-corrected chi connectivity index (χ1v) is 7.30. The standard InChI is InChI=1S/C18H17N3O2.2BrH/c1-19-11-8-16(9-12-19)17-3-2-10-20(14-17)13-15-4-6-18(7-5-15)21(22)23;;/h2-12,14H,13H2,1H3;2*1H/q+2;;/p-2. The van der Waals surface area contributed by atoms with Crippen LogP contribution in [0.2, 0.25) is 0 Å². The van der Waals surface area contributed by atoms with E-state index in [9.17, 15) is 10.1 Å². The van der Waals surface area contributed by atoms with Crippen molar-refractivity contribution in [3.8, 4) is 11.1 Å². The molecular formula is C18H17Br2N3O2. The lowest BCUT2D eigenvalue weighted by atomic mass is 10.1. The van der Waals surface area contributed by atoms with Crippen molar-refractivity contribution in [2.75, 3.05) is 0 Å². The van der Waals surface area contributed by atoms with Crippen molar-refractivity contribution < 1.29 is 48.0 Å². The second-order valence-electron chi connectivity index (χ2n) is 5.44. The third kappa shape index (κ3) is 5.44. The van der Waals surface area contributed by atoms with E-state index in [1.165, 1.54) is 12.1 Å². The molecule has 0 saturated heterocycles. The third-order valence-corrected chi connectivity index (χ3v) is 3.68. The van der Waals surface area contributed by atoms with Crippen LogP contribution in [0.4, 0.5) is 5.69 Å². The average molecular weight is 467 g/mol. The van der Waals surface area contributed by atoms with Crippen molar-refractivity contribution >= 4 is 5.69 Å². The van der Waals surface area contributed by atoms with Crippen LogP contribution < -0.4 is 43.1 Å². The molecule has 0 fully saturated rings. The molecule has 0 spiro atoms. The fourth-order valence-electron chi connectivity index (χ4n) is 2.42. The highest BCUT2D eigenvalue weighted by atomic mass is 79.9. The molecule has 0 saturated carbocycles. The Morgan fingerprint density at radius 2 is 1.56 bits per heavy atom.